The van der Waals surface area contributed by atoms with Crippen LogP contribution < -0.4 is 10.6 Å². The fraction of sp³-hybridized carbons (Fsp3) is 0.692. The Hall–Kier alpha value is -1.70. The van der Waals surface area contributed by atoms with Gasteiger partial charge in [-0.15, -0.1) is 6.42 Å². The Morgan fingerprint density at radius 1 is 1.33 bits per heavy atom. The minimum absolute atomic E-state index is 0.135. The average molecular weight is 254 g/mol. The molecule has 0 radical (unpaired) electrons. The highest BCUT2D eigenvalue weighted by Gasteiger charge is 2.25. The number of carbonyl (C=O) groups excluding carboxylic acids is 1. The van der Waals surface area contributed by atoms with Crippen molar-refractivity contribution in [2.75, 3.05) is 0 Å². The van der Waals surface area contributed by atoms with Crippen LogP contribution in [0.3, 0.4) is 0 Å². The first-order valence-electron chi connectivity index (χ1n) is 6.22. The summed E-state index contributed by atoms with van der Waals surface area (Å²) in [4.78, 5) is 22.7. The van der Waals surface area contributed by atoms with Crippen molar-refractivity contribution in [2.24, 2.45) is 5.92 Å². The van der Waals surface area contributed by atoms with Crippen molar-refractivity contribution in [3.05, 3.63) is 0 Å². The molecule has 102 valence electrons. The lowest BCUT2D eigenvalue weighted by atomic mass is 9.99. The molecule has 0 aliphatic carbocycles. The largest absolute Gasteiger partial charge is 0.480 e. The second kappa shape index (κ2) is 8.40. The molecule has 0 rings (SSSR count). The van der Waals surface area contributed by atoms with Gasteiger partial charge < -0.3 is 15.7 Å². The van der Waals surface area contributed by atoms with Crippen molar-refractivity contribution in [1.82, 2.24) is 10.6 Å². The molecule has 2 unspecified atom stereocenters. The maximum Gasteiger partial charge on any atom is 0.326 e. The molecule has 0 heterocycles. The van der Waals surface area contributed by atoms with Gasteiger partial charge in [0.05, 0.1) is 6.04 Å². The molecule has 0 saturated carbocycles. The number of nitrogens with one attached hydrogen (secondary N) is 2. The van der Waals surface area contributed by atoms with Gasteiger partial charge in [-0.05, 0) is 12.3 Å². The van der Waals surface area contributed by atoms with Crippen LogP contribution in [-0.2, 0) is 4.79 Å². The van der Waals surface area contributed by atoms with E-state index in [4.69, 9.17) is 11.5 Å². The van der Waals surface area contributed by atoms with Gasteiger partial charge in [0.25, 0.3) is 0 Å². The minimum Gasteiger partial charge on any atom is -0.480 e. The van der Waals surface area contributed by atoms with Gasteiger partial charge >= 0.3 is 12.0 Å². The number of aliphatic carboxylic acids is 1. The number of hydrogen-bond acceptors (Lipinski definition) is 2. The SMILES string of the molecule is C#CC(CCC)NC(=O)N[C@H](C(=O)O)C(C)CC. The molecule has 0 aromatic heterocycles. The van der Waals surface area contributed by atoms with E-state index in [0.29, 0.717) is 12.8 Å². The number of urea groups is 1. The van der Waals surface area contributed by atoms with E-state index in [9.17, 15) is 9.59 Å². The first kappa shape index (κ1) is 16.3. The van der Waals surface area contributed by atoms with Crippen LogP contribution in [0.5, 0.6) is 0 Å². The topological polar surface area (TPSA) is 78.4 Å². The van der Waals surface area contributed by atoms with Gasteiger partial charge in [0.15, 0.2) is 0 Å². The molecule has 0 fully saturated rings. The number of carbonyl (C=O) groups is 2. The van der Waals surface area contributed by atoms with E-state index < -0.39 is 18.0 Å². The number of carboxylic acids is 1. The molecule has 3 N–H and O–H groups in total. The summed E-state index contributed by atoms with van der Waals surface area (Å²) in [7, 11) is 0. The van der Waals surface area contributed by atoms with E-state index in [1.54, 1.807) is 6.92 Å². The quantitative estimate of drug-likeness (QED) is 0.604. The van der Waals surface area contributed by atoms with E-state index >= 15 is 0 Å². The number of rotatable bonds is 7. The Morgan fingerprint density at radius 2 is 1.94 bits per heavy atom. The van der Waals surface area contributed by atoms with Crippen LogP contribution in [0.2, 0.25) is 0 Å². The maximum atomic E-state index is 11.6. The number of amides is 2. The lowest BCUT2D eigenvalue weighted by Gasteiger charge is -2.21. The molecule has 5 nitrogen and oxygen atoms in total. The molecule has 0 aliphatic rings. The number of hydrogen-bond donors (Lipinski definition) is 3. The van der Waals surface area contributed by atoms with Gasteiger partial charge in [0.2, 0.25) is 0 Å². The Bertz CT molecular complexity index is 323. The van der Waals surface area contributed by atoms with E-state index in [1.165, 1.54) is 0 Å². The second-order valence-electron chi connectivity index (χ2n) is 4.33. The molecule has 5 heteroatoms. The summed E-state index contributed by atoms with van der Waals surface area (Å²) in [6, 6.07) is -1.78. The van der Waals surface area contributed by atoms with Crippen LogP contribution in [0.15, 0.2) is 0 Å². The van der Waals surface area contributed by atoms with Gasteiger partial charge in [0, 0.05) is 0 Å². The summed E-state index contributed by atoms with van der Waals surface area (Å²) in [5, 5.41) is 14.1. The third-order valence-electron chi connectivity index (χ3n) is 2.85. The third-order valence-corrected chi connectivity index (χ3v) is 2.85. The molecule has 18 heavy (non-hydrogen) atoms. The molecule has 0 saturated heterocycles. The normalized spacial score (nSPS) is 15.0. The van der Waals surface area contributed by atoms with Gasteiger partial charge in [-0.3, -0.25) is 0 Å². The zero-order valence-corrected chi connectivity index (χ0v) is 11.2. The second-order valence-corrected chi connectivity index (χ2v) is 4.33. The predicted octanol–water partition coefficient (Wildman–Crippen LogP) is 1.59. The van der Waals surface area contributed by atoms with Crippen molar-refractivity contribution in [1.29, 1.82) is 0 Å². The first-order valence-corrected chi connectivity index (χ1v) is 6.22. The Morgan fingerprint density at radius 3 is 2.33 bits per heavy atom. The highest BCUT2D eigenvalue weighted by molar-refractivity contribution is 5.83. The summed E-state index contributed by atoms with van der Waals surface area (Å²) < 4.78 is 0. The standard InChI is InChI=1S/C13H22N2O3/c1-5-8-10(7-3)14-13(18)15-11(12(16)17)9(4)6-2/h3,9-11H,5-6,8H2,1-2,4H3,(H,16,17)(H2,14,15,18)/t9?,10?,11-/m0/s1. The van der Waals surface area contributed by atoms with Crippen LogP contribution in [0.4, 0.5) is 4.79 Å². The summed E-state index contributed by atoms with van der Waals surface area (Å²) in [6.45, 7) is 5.62. The van der Waals surface area contributed by atoms with Crippen molar-refractivity contribution in [3.8, 4) is 12.3 Å². The zero-order chi connectivity index (χ0) is 14.1. The Balaban J connectivity index is 4.43. The fourth-order valence-electron chi connectivity index (χ4n) is 1.51. The zero-order valence-electron chi connectivity index (χ0n) is 11.2. The summed E-state index contributed by atoms with van der Waals surface area (Å²) in [5.41, 5.74) is 0. The highest BCUT2D eigenvalue weighted by Crippen LogP contribution is 2.07. The van der Waals surface area contributed by atoms with Crippen LogP contribution in [0.1, 0.15) is 40.0 Å². The van der Waals surface area contributed by atoms with Crippen molar-refractivity contribution in [3.63, 3.8) is 0 Å². The molecule has 0 spiro atoms. The van der Waals surface area contributed by atoms with Gasteiger partial charge in [0.1, 0.15) is 6.04 Å². The lowest BCUT2D eigenvalue weighted by molar-refractivity contribution is -0.140. The molecular formula is C13H22N2O3. The monoisotopic (exact) mass is 254 g/mol. The van der Waals surface area contributed by atoms with Gasteiger partial charge in [-0.1, -0.05) is 39.5 Å². The first-order chi connectivity index (χ1) is 8.46. The minimum atomic E-state index is -1.03. The molecule has 0 aromatic carbocycles. The highest BCUT2D eigenvalue weighted by atomic mass is 16.4. The lowest BCUT2D eigenvalue weighted by Crippen LogP contribution is -2.51. The predicted molar refractivity (Wildman–Crippen MR) is 70.1 cm³/mol. The Kier molecular flexibility index (Phi) is 7.61. The molecule has 0 aromatic rings. The number of terminal acetylenes is 1. The third kappa shape index (κ3) is 5.58. The van der Waals surface area contributed by atoms with Crippen LogP contribution in [0, 0.1) is 18.3 Å². The average Bonchev–Trinajstić information content (AvgIpc) is 2.34. The van der Waals surface area contributed by atoms with Crippen LogP contribution >= 0.6 is 0 Å². The van der Waals surface area contributed by atoms with Crippen molar-refractivity contribution in [2.45, 2.75) is 52.1 Å². The summed E-state index contributed by atoms with van der Waals surface area (Å²) in [6.07, 6.45) is 7.47. The fourth-order valence-corrected chi connectivity index (χ4v) is 1.51. The number of carboxylic acid groups (broad SMARTS) is 1. The molecule has 3 atom stereocenters. The van der Waals surface area contributed by atoms with E-state index in [0.717, 1.165) is 6.42 Å². The molecule has 0 aliphatic heterocycles. The van der Waals surface area contributed by atoms with Crippen molar-refractivity contribution < 1.29 is 14.7 Å². The van der Waals surface area contributed by atoms with E-state index in [2.05, 4.69) is 16.6 Å². The summed E-state index contributed by atoms with van der Waals surface area (Å²) >= 11 is 0. The van der Waals surface area contributed by atoms with Crippen molar-refractivity contribution >= 4 is 12.0 Å². The van der Waals surface area contributed by atoms with Crippen LogP contribution in [-0.4, -0.2) is 29.2 Å². The van der Waals surface area contributed by atoms with Gasteiger partial charge in [-0.25, -0.2) is 9.59 Å². The van der Waals surface area contributed by atoms with E-state index in [-0.39, 0.29) is 12.0 Å². The molecular weight excluding hydrogens is 232 g/mol. The molecule has 0 bridgehead atoms. The van der Waals surface area contributed by atoms with E-state index in [1.807, 2.05) is 13.8 Å². The Labute approximate surface area is 108 Å². The molecule has 2 amide bonds. The summed E-state index contributed by atoms with van der Waals surface area (Å²) in [5.74, 6) is 1.29. The maximum absolute atomic E-state index is 11.6. The smallest absolute Gasteiger partial charge is 0.326 e. The van der Waals surface area contributed by atoms with Crippen LogP contribution in [0.25, 0.3) is 0 Å². The van der Waals surface area contributed by atoms with Gasteiger partial charge in [-0.2, -0.15) is 0 Å².